The summed E-state index contributed by atoms with van der Waals surface area (Å²) in [5, 5.41) is 6.53. The summed E-state index contributed by atoms with van der Waals surface area (Å²) in [6.07, 6.45) is 5.36. The Labute approximate surface area is 178 Å². The molecule has 2 aliphatic rings. The minimum absolute atomic E-state index is 0.00266. The highest BCUT2D eigenvalue weighted by Crippen LogP contribution is 2.30. The zero-order valence-electron chi connectivity index (χ0n) is 17.6. The van der Waals surface area contributed by atoms with E-state index in [0.29, 0.717) is 0 Å². The number of nitrogens with one attached hydrogen (secondary N) is 2. The first kappa shape index (κ1) is 20.6. The zero-order chi connectivity index (χ0) is 20.9. The van der Waals surface area contributed by atoms with Gasteiger partial charge in [0.1, 0.15) is 6.04 Å². The van der Waals surface area contributed by atoms with Crippen molar-refractivity contribution in [2.45, 2.75) is 51.1 Å². The Morgan fingerprint density at radius 2 is 1.57 bits per heavy atom. The van der Waals surface area contributed by atoms with Crippen molar-refractivity contribution in [3.8, 4) is 0 Å². The number of piperidine rings is 1. The number of nitrogens with zero attached hydrogens (tertiary/aromatic N) is 1. The van der Waals surface area contributed by atoms with Gasteiger partial charge in [-0.1, -0.05) is 42.5 Å². The fraction of sp³-hybridized carbons (Fsp3) is 0.440. The van der Waals surface area contributed by atoms with Crippen LogP contribution in [0.4, 0.5) is 5.69 Å². The van der Waals surface area contributed by atoms with Gasteiger partial charge >= 0.3 is 0 Å². The molecule has 2 amide bonds. The summed E-state index contributed by atoms with van der Waals surface area (Å²) in [4.78, 5) is 27.3. The quantitative estimate of drug-likeness (QED) is 0.716. The lowest BCUT2D eigenvalue weighted by molar-refractivity contribution is -0.134. The number of benzene rings is 2. The average Bonchev–Trinajstić information content (AvgIpc) is 3.64. The highest BCUT2D eigenvalue weighted by Gasteiger charge is 2.30. The third-order valence-corrected chi connectivity index (χ3v) is 6.09. The summed E-state index contributed by atoms with van der Waals surface area (Å²) in [5.41, 5.74) is 2.91. The molecule has 5 nitrogen and oxygen atoms in total. The van der Waals surface area contributed by atoms with E-state index in [9.17, 15) is 9.59 Å². The lowest BCUT2D eigenvalue weighted by Gasteiger charge is -2.32. The summed E-state index contributed by atoms with van der Waals surface area (Å²) in [7, 11) is 0. The normalized spacial score (nSPS) is 18.5. The van der Waals surface area contributed by atoms with E-state index in [0.717, 1.165) is 55.6 Å². The van der Waals surface area contributed by atoms with Crippen LogP contribution >= 0.6 is 0 Å². The standard InChI is InChI=1S/C25H31N3O2/c1-18(19-12-14-22(15-13-19)27-24(29)21-10-11-21)26-23(20-8-4-2-5-9-20)25(30)28-16-6-3-7-17-28/h2,4-5,8-9,12-15,18,21,23,26H,3,6-7,10-11,16-17H2,1H3,(H,27,29)/t18-,23+/m1/s1. The van der Waals surface area contributed by atoms with Gasteiger partial charge in [-0.05, 0) is 62.3 Å². The zero-order valence-corrected chi connectivity index (χ0v) is 17.6. The summed E-state index contributed by atoms with van der Waals surface area (Å²) >= 11 is 0. The van der Waals surface area contributed by atoms with Crippen LogP contribution in [0.15, 0.2) is 54.6 Å². The fourth-order valence-electron chi connectivity index (χ4n) is 4.04. The van der Waals surface area contributed by atoms with E-state index in [1.54, 1.807) is 0 Å². The van der Waals surface area contributed by atoms with Gasteiger partial charge in [0.05, 0.1) is 0 Å². The van der Waals surface area contributed by atoms with E-state index < -0.39 is 0 Å². The lowest BCUT2D eigenvalue weighted by atomic mass is 10.0. The van der Waals surface area contributed by atoms with Gasteiger partial charge in [-0.25, -0.2) is 0 Å². The van der Waals surface area contributed by atoms with Crippen LogP contribution in [-0.2, 0) is 9.59 Å². The van der Waals surface area contributed by atoms with Crippen molar-refractivity contribution in [2.75, 3.05) is 18.4 Å². The smallest absolute Gasteiger partial charge is 0.244 e. The average molecular weight is 406 g/mol. The van der Waals surface area contributed by atoms with Crippen LogP contribution in [0.5, 0.6) is 0 Å². The maximum Gasteiger partial charge on any atom is 0.244 e. The first-order valence-electron chi connectivity index (χ1n) is 11.1. The van der Waals surface area contributed by atoms with E-state index in [1.807, 2.05) is 59.5 Å². The Morgan fingerprint density at radius 3 is 2.20 bits per heavy atom. The Balaban J connectivity index is 1.46. The predicted molar refractivity (Wildman–Crippen MR) is 119 cm³/mol. The van der Waals surface area contributed by atoms with Crippen molar-refractivity contribution in [3.05, 3.63) is 65.7 Å². The molecule has 1 saturated carbocycles. The molecule has 2 aromatic carbocycles. The number of rotatable bonds is 7. The van der Waals surface area contributed by atoms with E-state index in [4.69, 9.17) is 0 Å². The monoisotopic (exact) mass is 405 g/mol. The maximum absolute atomic E-state index is 13.3. The maximum atomic E-state index is 13.3. The van der Waals surface area contributed by atoms with Crippen LogP contribution in [0.1, 0.15) is 62.2 Å². The van der Waals surface area contributed by atoms with Gasteiger partial charge in [0.2, 0.25) is 11.8 Å². The summed E-state index contributed by atoms with van der Waals surface area (Å²) in [6, 6.07) is 17.5. The molecule has 1 aliphatic carbocycles. The molecule has 2 fully saturated rings. The molecule has 1 heterocycles. The Kier molecular flexibility index (Phi) is 6.48. The van der Waals surface area contributed by atoms with Crippen molar-refractivity contribution < 1.29 is 9.59 Å². The second kappa shape index (κ2) is 9.43. The van der Waals surface area contributed by atoms with Crippen molar-refractivity contribution in [1.29, 1.82) is 0 Å². The van der Waals surface area contributed by atoms with Crippen LogP contribution in [0.25, 0.3) is 0 Å². The van der Waals surface area contributed by atoms with E-state index in [1.165, 1.54) is 6.42 Å². The number of anilines is 1. The molecule has 1 aliphatic heterocycles. The number of carbonyl (C=O) groups excluding carboxylic acids is 2. The van der Waals surface area contributed by atoms with Crippen LogP contribution in [-0.4, -0.2) is 29.8 Å². The van der Waals surface area contributed by atoms with E-state index in [2.05, 4.69) is 17.6 Å². The van der Waals surface area contributed by atoms with Gasteiger partial charge in [-0.2, -0.15) is 0 Å². The Hall–Kier alpha value is -2.66. The van der Waals surface area contributed by atoms with Gasteiger partial charge in [0.15, 0.2) is 0 Å². The molecule has 0 spiro atoms. The van der Waals surface area contributed by atoms with E-state index >= 15 is 0 Å². The first-order valence-corrected chi connectivity index (χ1v) is 11.1. The van der Waals surface area contributed by atoms with Crippen molar-refractivity contribution in [3.63, 3.8) is 0 Å². The topological polar surface area (TPSA) is 61.4 Å². The Morgan fingerprint density at radius 1 is 0.900 bits per heavy atom. The third-order valence-electron chi connectivity index (χ3n) is 6.09. The SMILES string of the molecule is C[C@@H](N[C@H](C(=O)N1CCCCC1)c1ccccc1)c1ccc(NC(=O)C2CC2)cc1. The first-order chi connectivity index (χ1) is 14.6. The number of hydrogen-bond acceptors (Lipinski definition) is 3. The van der Waals surface area contributed by atoms with Crippen LogP contribution in [0.3, 0.4) is 0 Å². The molecule has 5 heteroatoms. The number of hydrogen-bond donors (Lipinski definition) is 2. The molecular formula is C25H31N3O2. The molecule has 2 N–H and O–H groups in total. The highest BCUT2D eigenvalue weighted by molar-refractivity contribution is 5.94. The van der Waals surface area contributed by atoms with E-state index in [-0.39, 0.29) is 29.8 Å². The van der Waals surface area contributed by atoms with Crippen LogP contribution in [0.2, 0.25) is 0 Å². The Bertz CT molecular complexity index is 856. The van der Waals surface area contributed by atoms with Crippen LogP contribution < -0.4 is 10.6 Å². The molecule has 30 heavy (non-hydrogen) atoms. The highest BCUT2D eigenvalue weighted by atomic mass is 16.2. The largest absolute Gasteiger partial charge is 0.341 e. The number of likely N-dealkylation sites (tertiary alicyclic amines) is 1. The summed E-state index contributed by atoms with van der Waals surface area (Å²) in [5.74, 6) is 0.462. The molecule has 1 saturated heterocycles. The minimum Gasteiger partial charge on any atom is -0.341 e. The molecule has 4 rings (SSSR count). The molecule has 2 atom stereocenters. The van der Waals surface area contributed by atoms with Gasteiger partial charge < -0.3 is 10.2 Å². The van der Waals surface area contributed by atoms with Gasteiger partial charge in [0.25, 0.3) is 0 Å². The second-order valence-corrected chi connectivity index (χ2v) is 8.50. The lowest BCUT2D eigenvalue weighted by Crippen LogP contribution is -2.43. The second-order valence-electron chi connectivity index (χ2n) is 8.50. The molecule has 0 radical (unpaired) electrons. The number of carbonyl (C=O) groups is 2. The molecule has 0 aromatic heterocycles. The molecular weight excluding hydrogens is 374 g/mol. The summed E-state index contributed by atoms with van der Waals surface area (Å²) in [6.45, 7) is 3.76. The fourth-order valence-corrected chi connectivity index (χ4v) is 4.04. The van der Waals surface area contributed by atoms with Crippen molar-refractivity contribution in [2.24, 2.45) is 5.92 Å². The van der Waals surface area contributed by atoms with Gasteiger partial charge in [0, 0.05) is 30.7 Å². The van der Waals surface area contributed by atoms with Crippen molar-refractivity contribution >= 4 is 17.5 Å². The molecule has 0 bridgehead atoms. The minimum atomic E-state index is -0.367. The van der Waals surface area contributed by atoms with Crippen LogP contribution in [0, 0.1) is 5.92 Å². The number of amides is 2. The molecule has 0 unspecified atom stereocenters. The third kappa shape index (κ3) is 5.08. The van der Waals surface area contributed by atoms with Crippen molar-refractivity contribution in [1.82, 2.24) is 10.2 Å². The predicted octanol–water partition coefficient (Wildman–Crippen LogP) is 4.44. The molecule has 2 aromatic rings. The molecule has 158 valence electrons. The van der Waals surface area contributed by atoms with Gasteiger partial charge in [-0.3, -0.25) is 14.9 Å². The van der Waals surface area contributed by atoms with Gasteiger partial charge in [-0.15, -0.1) is 0 Å². The summed E-state index contributed by atoms with van der Waals surface area (Å²) < 4.78 is 0.